The number of allylic oxidation sites excluding steroid dienone is 1. The SMILES string of the molecule is C=C(C)C(=O)OCCOC1=C(C(C)(C)C)C(=O)C2(O[O][Sb]([c]3ccccc3)([c]3ccccc3)([c]3ccccc3)[O]2)C(C(C)(C)C)=C1. The number of hydrogen-bond donors (Lipinski definition) is 0. The summed E-state index contributed by atoms with van der Waals surface area (Å²) in [6, 6.07) is 29.5. The molecule has 1 aliphatic carbocycles. The Morgan fingerprint density at radius 1 is 0.783 bits per heavy atom. The summed E-state index contributed by atoms with van der Waals surface area (Å²) in [7, 11) is 0. The van der Waals surface area contributed by atoms with Crippen LogP contribution in [0.5, 0.6) is 0 Å². The third-order valence-corrected chi connectivity index (χ3v) is 21.5. The van der Waals surface area contributed by atoms with Crippen LogP contribution in [0.3, 0.4) is 0 Å². The number of Topliss-reactive ketones (excluding diaryl/α,β-unsaturated/α-hetero) is 1. The zero-order chi connectivity index (χ0) is 33.4. The molecule has 0 saturated carbocycles. The third kappa shape index (κ3) is 5.58. The van der Waals surface area contributed by atoms with E-state index in [0.29, 0.717) is 22.5 Å². The van der Waals surface area contributed by atoms with E-state index in [9.17, 15) is 4.79 Å². The van der Waals surface area contributed by atoms with Crippen molar-refractivity contribution < 1.29 is 30.1 Å². The first-order chi connectivity index (χ1) is 21.7. The molecular weight excluding hydrogens is 690 g/mol. The first kappa shape index (κ1) is 33.9. The van der Waals surface area contributed by atoms with Gasteiger partial charge in [0.1, 0.15) is 0 Å². The molecule has 1 atom stereocenters. The maximum absolute atomic E-state index is 15.2. The number of benzene rings is 3. The van der Waals surface area contributed by atoms with Crippen molar-refractivity contribution >= 4 is 40.5 Å². The summed E-state index contributed by atoms with van der Waals surface area (Å²) in [4.78, 5) is 33.8. The van der Waals surface area contributed by atoms with Crippen LogP contribution in [0.2, 0.25) is 0 Å². The number of ketones is 1. The van der Waals surface area contributed by atoms with Crippen molar-refractivity contribution in [2.75, 3.05) is 13.2 Å². The molecule has 46 heavy (non-hydrogen) atoms. The Hall–Kier alpha value is -3.48. The number of rotatable bonds is 8. The fraction of sp³-hybridized carbons (Fsp3) is 0.316. The van der Waals surface area contributed by atoms with Crippen molar-refractivity contribution in [2.24, 2.45) is 10.8 Å². The molecule has 0 amide bonds. The summed E-state index contributed by atoms with van der Waals surface area (Å²) < 4.78 is 28.5. The van der Waals surface area contributed by atoms with Crippen molar-refractivity contribution in [3.05, 3.63) is 126 Å². The minimum atomic E-state index is -5.64. The van der Waals surface area contributed by atoms with Gasteiger partial charge in [0.2, 0.25) is 0 Å². The van der Waals surface area contributed by atoms with Crippen LogP contribution in [0, 0.1) is 10.8 Å². The van der Waals surface area contributed by atoms with Crippen molar-refractivity contribution in [3.63, 3.8) is 0 Å². The van der Waals surface area contributed by atoms with Crippen LogP contribution in [0.25, 0.3) is 0 Å². The Kier molecular flexibility index (Phi) is 9.04. The number of carbonyl (C=O) groups excluding carboxylic acids is 2. The fourth-order valence-electron chi connectivity index (χ4n) is 6.04. The molecule has 1 saturated heterocycles. The molecule has 1 spiro atoms. The van der Waals surface area contributed by atoms with Gasteiger partial charge >= 0.3 is 275 Å². The molecule has 3 aromatic carbocycles. The van der Waals surface area contributed by atoms with Crippen LogP contribution in [0.4, 0.5) is 0 Å². The number of ether oxygens (including phenoxy) is 2. The fourth-order valence-corrected chi connectivity index (χ4v) is 19.1. The molecule has 1 aliphatic heterocycles. The van der Waals surface area contributed by atoms with Crippen molar-refractivity contribution in [2.45, 2.75) is 54.3 Å². The predicted octanol–water partition coefficient (Wildman–Crippen LogP) is 5.77. The van der Waals surface area contributed by atoms with Gasteiger partial charge in [-0.1, -0.05) is 0 Å². The summed E-state index contributed by atoms with van der Waals surface area (Å²) in [5, 5.41) is 0. The maximum atomic E-state index is 15.2. The van der Waals surface area contributed by atoms with Gasteiger partial charge in [-0.05, 0) is 0 Å². The second-order valence-electron chi connectivity index (χ2n) is 13.7. The predicted molar refractivity (Wildman–Crippen MR) is 181 cm³/mol. The molecule has 0 aromatic heterocycles. The van der Waals surface area contributed by atoms with Gasteiger partial charge in [0.25, 0.3) is 0 Å². The van der Waals surface area contributed by atoms with Gasteiger partial charge in [-0.25, -0.2) is 0 Å². The molecular formula is C38H43O7Sb. The average Bonchev–Trinajstić information content (AvgIpc) is 3.40. The van der Waals surface area contributed by atoms with Crippen LogP contribution in [-0.2, 0) is 30.1 Å². The summed E-state index contributed by atoms with van der Waals surface area (Å²) in [6.45, 7) is 17.1. The molecule has 1 heterocycles. The molecule has 1 unspecified atom stereocenters. The number of carbonyl (C=O) groups is 2. The van der Waals surface area contributed by atoms with E-state index in [1.165, 1.54) is 0 Å². The van der Waals surface area contributed by atoms with E-state index in [1.807, 2.05) is 139 Å². The van der Waals surface area contributed by atoms with Gasteiger partial charge in [-0.3, -0.25) is 0 Å². The molecule has 0 radical (unpaired) electrons. The van der Waals surface area contributed by atoms with Gasteiger partial charge < -0.3 is 0 Å². The van der Waals surface area contributed by atoms with Crippen molar-refractivity contribution in [1.82, 2.24) is 0 Å². The summed E-state index contributed by atoms with van der Waals surface area (Å²) in [5.41, 5.74) is -0.0612. The summed E-state index contributed by atoms with van der Waals surface area (Å²) >= 11 is -5.64. The Morgan fingerprint density at radius 2 is 1.26 bits per heavy atom. The van der Waals surface area contributed by atoms with E-state index in [-0.39, 0.29) is 19.0 Å². The number of esters is 1. The quantitative estimate of drug-likeness (QED) is 0.0957. The minimum absolute atomic E-state index is 0.00302. The van der Waals surface area contributed by atoms with Gasteiger partial charge in [0, 0.05) is 0 Å². The Balaban J connectivity index is 1.75. The van der Waals surface area contributed by atoms with Crippen molar-refractivity contribution in [1.29, 1.82) is 0 Å². The van der Waals surface area contributed by atoms with E-state index >= 15 is 4.79 Å². The molecule has 8 heteroatoms. The van der Waals surface area contributed by atoms with Crippen molar-refractivity contribution in [3.8, 4) is 0 Å². The molecule has 0 N–H and O–H groups in total. The van der Waals surface area contributed by atoms with E-state index < -0.39 is 40.8 Å². The molecule has 5 rings (SSSR count). The van der Waals surface area contributed by atoms with Gasteiger partial charge in [-0.15, -0.1) is 0 Å². The first-order valence-corrected chi connectivity index (χ1v) is 21.3. The Labute approximate surface area is 273 Å². The standard InChI is InChI=1S/C20H29O7.3C6H5.Sb/c1-12(2)17(22)26-10-9-25-13-11-14(18(3,4)5)20(23,27-24)16(21)15(13)19(6,7)8;3*1-2-4-6-5-3-1;/h11,24H,1,9-10H2,2-8H3;3*1-5H;/q-1;;;;+2/p-1. The molecule has 1 fully saturated rings. The second-order valence-corrected chi connectivity index (χ2v) is 24.6. The first-order valence-electron chi connectivity index (χ1n) is 15.4. The van der Waals surface area contributed by atoms with Gasteiger partial charge in [0.15, 0.2) is 0 Å². The molecule has 3 aromatic rings. The molecule has 0 bridgehead atoms. The summed E-state index contributed by atoms with van der Waals surface area (Å²) in [5.74, 6) is -2.42. The van der Waals surface area contributed by atoms with E-state index in [0.717, 1.165) is 10.5 Å². The summed E-state index contributed by atoms with van der Waals surface area (Å²) in [6.07, 6.45) is 1.85. The monoisotopic (exact) mass is 732 g/mol. The Bertz CT molecular complexity index is 1600. The second kappa shape index (κ2) is 12.3. The topological polar surface area (TPSA) is 80.3 Å². The van der Waals surface area contributed by atoms with E-state index in [1.54, 1.807) is 6.92 Å². The van der Waals surface area contributed by atoms with Crippen LogP contribution in [-0.4, -0.2) is 49.0 Å². The van der Waals surface area contributed by atoms with Gasteiger partial charge in [-0.2, -0.15) is 0 Å². The van der Waals surface area contributed by atoms with E-state index in [2.05, 4.69) is 6.58 Å². The Morgan fingerprint density at radius 3 is 1.67 bits per heavy atom. The normalized spacial score (nSPS) is 21.7. The van der Waals surface area contributed by atoms with E-state index in [4.69, 9.17) is 20.5 Å². The van der Waals surface area contributed by atoms with Crippen LogP contribution >= 0.6 is 0 Å². The average molecular weight is 734 g/mol. The molecule has 2 aliphatic rings. The van der Waals surface area contributed by atoms with Gasteiger partial charge in [0.05, 0.1) is 0 Å². The van der Waals surface area contributed by atoms with Crippen LogP contribution in [0.15, 0.2) is 126 Å². The molecule has 7 nitrogen and oxygen atoms in total. The number of hydrogen-bond acceptors (Lipinski definition) is 7. The van der Waals surface area contributed by atoms with Crippen LogP contribution in [0.1, 0.15) is 48.5 Å². The zero-order valence-corrected chi connectivity index (χ0v) is 30.2. The zero-order valence-electron chi connectivity index (χ0n) is 27.7. The van der Waals surface area contributed by atoms with Crippen LogP contribution < -0.4 is 10.5 Å². The molecule has 242 valence electrons. The third-order valence-electron chi connectivity index (χ3n) is 8.16.